The van der Waals surface area contributed by atoms with Crippen LogP contribution in [0, 0.1) is 19.8 Å². The fourth-order valence-corrected chi connectivity index (χ4v) is 2.34. The van der Waals surface area contributed by atoms with Gasteiger partial charge in [0.15, 0.2) is 0 Å². The van der Waals surface area contributed by atoms with E-state index in [0.29, 0.717) is 19.6 Å². The molecule has 0 aliphatic carbocycles. The van der Waals surface area contributed by atoms with Crippen molar-refractivity contribution in [3.8, 4) is 0 Å². The lowest BCUT2D eigenvalue weighted by atomic mass is 9.91. The number of nitrogens with two attached hydrogens (primary N) is 1. The van der Waals surface area contributed by atoms with Gasteiger partial charge in [-0.2, -0.15) is 0 Å². The number of Topliss-reactive ketones (excluding diaryl/α,β-unsaturated/α-hetero) is 1. The summed E-state index contributed by atoms with van der Waals surface area (Å²) in [6, 6.07) is 5.97. The number of hydrogen-bond acceptors (Lipinski definition) is 3. The van der Waals surface area contributed by atoms with Gasteiger partial charge in [0.05, 0.1) is 19.1 Å². The Morgan fingerprint density at radius 3 is 2.53 bits per heavy atom. The third-order valence-corrected chi connectivity index (χ3v) is 3.53. The Kier molecular flexibility index (Phi) is 3.60. The molecule has 2 N–H and O–H groups in total. The van der Waals surface area contributed by atoms with E-state index < -0.39 is 0 Å². The zero-order chi connectivity index (χ0) is 12.4. The Bertz CT molecular complexity index is 408. The van der Waals surface area contributed by atoms with Crippen molar-refractivity contribution in [3.63, 3.8) is 0 Å². The molecule has 3 nitrogen and oxygen atoms in total. The van der Waals surface area contributed by atoms with Crippen molar-refractivity contribution in [1.29, 1.82) is 0 Å². The summed E-state index contributed by atoms with van der Waals surface area (Å²) >= 11 is 0. The predicted octanol–water partition coefficient (Wildman–Crippen LogP) is 1.39. The van der Waals surface area contributed by atoms with Crippen LogP contribution in [0.2, 0.25) is 0 Å². The number of ketones is 1. The summed E-state index contributed by atoms with van der Waals surface area (Å²) in [5.74, 6) is 0.0707. The number of carbonyl (C=O) groups is 1. The first-order chi connectivity index (χ1) is 8.09. The second-order valence-corrected chi connectivity index (χ2v) is 4.82. The van der Waals surface area contributed by atoms with Crippen LogP contribution in [0.15, 0.2) is 18.2 Å². The molecule has 0 saturated carbocycles. The van der Waals surface area contributed by atoms with Gasteiger partial charge in [-0.1, -0.05) is 18.2 Å². The molecule has 0 aromatic heterocycles. The molecule has 2 rings (SSSR count). The van der Waals surface area contributed by atoms with Gasteiger partial charge in [-0.3, -0.25) is 4.79 Å². The zero-order valence-electron chi connectivity index (χ0n) is 10.4. The molecule has 1 aromatic rings. The van der Waals surface area contributed by atoms with Gasteiger partial charge in [0.25, 0.3) is 0 Å². The van der Waals surface area contributed by atoms with Crippen molar-refractivity contribution in [1.82, 2.24) is 0 Å². The molecule has 1 aromatic carbocycles. The molecule has 2 atom stereocenters. The van der Waals surface area contributed by atoms with E-state index in [1.54, 1.807) is 0 Å². The lowest BCUT2D eigenvalue weighted by molar-refractivity contribution is -0.122. The van der Waals surface area contributed by atoms with Crippen molar-refractivity contribution in [3.05, 3.63) is 34.9 Å². The highest BCUT2D eigenvalue weighted by Gasteiger charge is 2.31. The molecule has 0 spiro atoms. The zero-order valence-corrected chi connectivity index (χ0v) is 10.4. The normalized spacial score (nSPS) is 23.9. The van der Waals surface area contributed by atoms with E-state index in [1.807, 2.05) is 32.0 Å². The van der Waals surface area contributed by atoms with Crippen molar-refractivity contribution >= 4 is 5.78 Å². The van der Waals surface area contributed by atoms with E-state index in [2.05, 4.69) is 0 Å². The van der Waals surface area contributed by atoms with Gasteiger partial charge >= 0.3 is 0 Å². The van der Waals surface area contributed by atoms with Crippen LogP contribution < -0.4 is 5.73 Å². The second kappa shape index (κ2) is 4.98. The minimum absolute atomic E-state index is 0.131. The Morgan fingerprint density at radius 1 is 1.35 bits per heavy atom. The standard InChI is InChI=1S/C14H19NO2/c1-9-4-3-5-10(2)11(9)6-14(16)12-7-17-8-13(12)15/h3-5,12-13H,6-8,15H2,1-2H3. The highest BCUT2D eigenvalue weighted by atomic mass is 16.5. The first kappa shape index (κ1) is 12.3. The fourth-order valence-electron chi connectivity index (χ4n) is 2.34. The summed E-state index contributed by atoms with van der Waals surface area (Å²) in [6.45, 7) is 5.06. The third kappa shape index (κ3) is 2.56. The number of ether oxygens (including phenoxy) is 1. The summed E-state index contributed by atoms with van der Waals surface area (Å²) < 4.78 is 5.24. The van der Waals surface area contributed by atoms with Crippen LogP contribution in [0.25, 0.3) is 0 Å². The average Bonchev–Trinajstić information content (AvgIpc) is 2.70. The van der Waals surface area contributed by atoms with Crippen LogP contribution in [0.1, 0.15) is 16.7 Å². The highest BCUT2D eigenvalue weighted by molar-refractivity contribution is 5.85. The molecular weight excluding hydrogens is 214 g/mol. The molecular formula is C14H19NO2. The third-order valence-electron chi connectivity index (χ3n) is 3.53. The molecule has 92 valence electrons. The summed E-state index contributed by atoms with van der Waals surface area (Å²) in [5, 5.41) is 0. The Balaban J connectivity index is 2.13. The van der Waals surface area contributed by atoms with Crippen LogP contribution in [0.4, 0.5) is 0 Å². The molecule has 1 fully saturated rings. The largest absolute Gasteiger partial charge is 0.379 e. The smallest absolute Gasteiger partial charge is 0.144 e. The SMILES string of the molecule is Cc1cccc(C)c1CC(=O)C1COCC1N. The fraction of sp³-hybridized carbons (Fsp3) is 0.500. The van der Waals surface area contributed by atoms with E-state index >= 15 is 0 Å². The number of hydrogen-bond donors (Lipinski definition) is 1. The number of benzene rings is 1. The van der Waals surface area contributed by atoms with Gasteiger partial charge in [0.2, 0.25) is 0 Å². The van der Waals surface area contributed by atoms with E-state index in [1.165, 1.54) is 11.1 Å². The lowest BCUT2D eigenvalue weighted by Gasteiger charge is -2.14. The first-order valence-electron chi connectivity index (χ1n) is 6.00. The first-order valence-corrected chi connectivity index (χ1v) is 6.00. The van der Waals surface area contributed by atoms with Crippen LogP contribution in [0.3, 0.4) is 0 Å². The summed E-state index contributed by atoms with van der Waals surface area (Å²) in [6.07, 6.45) is 0.472. The summed E-state index contributed by atoms with van der Waals surface area (Å²) in [4.78, 5) is 12.2. The maximum atomic E-state index is 12.2. The molecule has 0 bridgehead atoms. The van der Waals surface area contributed by atoms with Crippen molar-refractivity contribution in [2.75, 3.05) is 13.2 Å². The topological polar surface area (TPSA) is 52.3 Å². The van der Waals surface area contributed by atoms with E-state index in [-0.39, 0.29) is 17.7 Å². The monoisotopic (exact) mass is 233 g/mol. The summed E-state index contributed by atoms with van der Waals surface area (Å²) in [5.41, 5.74) is 9.34. The highest BCUT2D eigenvalue weighted by Crippen LogP contribution is 2.19. The lowest BCUT2D eigenvalue weighted by Crippen LogP contribution is -2.35. The summed E-state index contributed by atoms with van der Waals surface area (Å²) in [7, 11) is 0. The van der Waals surface area contributed by atoms with Crippen molar-refractivity contribution in [2.45, 2.75) is 26.3 Å². The van der Waals surface area contributed by atoms with Crippen LogP contribution in [-0.2, 0) is 16.0 Å². The molecule has 0 amide bonds. The van der Waals surface area contributed by atoms with Gasteiger partial charge in [-0.05, 0) is 30.5 Å². The van der Waals surface area contributed by atoms with E-state index in [0.717, 1.165) is 5.56 Å². The second-order valence-electron chi connectivity index (χ2n) is 4.82. The molecule has 1 saturated heterocycles. The van der Waals surface area contributed by atoms with Gasteiger partial charge in [-0.15, -0.1) is 0 Å². The van der Waals surface area contributed by atoms with Crippen LogP contribution in [0.5, 0.6) is 0 Å². The molecule has 1 aliphatic rings. The maximum absolute atomic E-state index is 12.2. The number of rotatable bonds is 3. The minimum Gasteiger partial charge on any atom is -0.379 e. The molecule has 17 heavy (non-hydrogen) atoms. The molecule has 3 heteroatoms. The molecule has 1 aliphatic heterocycles. The van der Waals surface area contributed by atoms with Gasteiger partial charge < -0.3 is 10.5 Å². The Labute approximate surface area is 102 Å². The van der Waals surface area contributed by atoms with E-state index in [9.17, 15) is 4.79 Å². The van der Waals surface area contributed by atoms with E-state index in [4.69, 9.17) is 10.5 Å². The number of carbonyl (C=O) groups excluding carboxylic acids is 1. The Hall–Kier alpha value is -1.19. The van der Waals surface area contributed by atoms with Gasteiger partial charge in [0.1, 0.15) is 5.78 Å². The minimum atomic E-state index is -0.133. The van der Waals surface area contributed by atoms with Crippen molar-refractivity contribution < 1.29 is 9.53 Å². The Morgan fingerprint density at radius 2 is 2.00 bits per heavy atom. The predicted molar refractivity (Wildman–Crippen MR) is 66.9 cm³/mol. The van der Waals surface area contributed by atoms with Crippen molar-refractivity contribution in [2.24, 2.45) is 11.7 Å². The molecule has 1 heterocycles. The van der Waals surface area contributed by atoms with Crippen LogP contribution >= 0.6 is 0 Å². The average molecular weight is 233 g/mol. The quantitative estimate of drug-likeness (QED) is 0.858. The van der Waals surface area contributed by atoms with Crippen LogP contribution in [-0.4, -0.2) is 25.0 Å². The number of aryl methyl sites for hydroxylation is 2. The molecule has 2 unspecified atom stereocenters. The maximum Gasteiger partial charge on any atom is 0.144 e. The molecule has 0 radical (unpaired) electrons. The van der Waals surface area contributed by atoms with Gasteiger partial charge in [0, 0.05) is 12.5 Å². The van der Waals surface area contributed by atoms with Gasteiger partial charge in [-0.25, -0.2) is 0 Å².